The molecule has 4 rings (SSSR count). The van der Waals surface area contributed by atoms with E-state index in [4.69, 9.17) is 4.42 Å². The van der Waals surface area contributed by atoms with Gasteiger partial charge in [0, 0.05) is 18.2 Å². The van der Waals surface area contributed by atoms with Gasteiger partial charge in [-0.05, 0) is 64.3 Å². The maximum Gasteiger partial charge on any atom is 0.244 e. The summed E-state index contributed by atoms with van der Waals surface area (Å²) in [6.07, 6.45) is 4.05. The summed E-state index contributed by atoms with van der Waals surface area (Å²) in [6.45, 7) is 8.76. The van der Waals surface area contributed by atoms with Crippen molar-refractivity contribution in [3.63, 3.8) is 0 Å². The SMILES string of the molecule is Cc1cc(C(C)(O)CNC(=O)/C=C2/CN3CCC2CC3)c(C)o1. The Bertz CT molecular complexity index is 622. The number of aryl methyl sites for hydroxylation is 2. The molecule has 0 aliphatic carbocycles. The number of piperidine rings is 3. The molecule has 1 aromatic heterocycles. The Kier molecular flexibility index (Phi) is 4.34. The summed E-state index contributed by atoms with van der Waals surface area (Å²) in [4.78, 5) is 14.6. The molecule has 1 amide bonds. The molecule has 5 nitrogen and oxygen atoms in total. The molecule has 0 spiro atoms. The third-order valence-corrected chi connectivity index (χ3v) is 5.06. The summed E-state index contributed by atoms with van der Waals surface area (Å²) in [7, 11) is 0. The lowest BCUT2D eigenvalue weighted by molar-refractivity contribution is -0.117. The van der Waals surface area contributed by atoms with Gasteiger partial charge in [-0.1, -0.05) is 0 Å². The van der Waals surface area contributed by atoms with E-state index in [0.29, 0.717) is 11.7 Å². The van der Waals surface area contributed by atoms with Crippen LogP contribution in [0.2, 0.25) is 0 Å². The Morgan fingerprint density at radius 2 is 2.17 bits per heavy atom. The lowest BCUT2D eigenvalue weighted by Gasteiger charge is -2.41. The first kappa shape index (κ1) is 16.3. The van der Waals surface area contributed by atoms with Crippen LogP contribution in [0, 0.1) is 19.8 Å². The maximum absolute atomic E-state index is 12.2. The quantitative estimate of drug-likeness (QED) is 0.832. The monoisotopic (exact) mass is 318 g/mol. The zero-order chi connectivity index (χ0) is 16.6. The summed E-state index contributed by atoms with van der Waals surface area (Å²) < 4.78 is 5.47. The number of amides is 1. The summed E-state index contributed by atoms with van der Waals surface area (Å²) >= 11 is 0. The van der Waals surface area contributed by atoms with Gasteiger partial charge in [0.2, 0.25) is 5.91 Å². The molecule has 23 heavy (non-hydrogen) atoms. The van der Waals surface area contributed by atoms with Crippen LogP contribution in [0.5, 0.6) is 0 Å². The standard InChI is InChI=1S/C18H26N2O3/c1-12-8-16(13(2)23-12)18(3,22)11-19-17(21)9-15-10-20-6-4-14(15)5-7-20/h8-9,14,22H,4-7,10-11H2,1-3H3,(H,19,21)/b15-9-. The topological polar surface area (TPSA) is 65.7 Å². The van der Waals surface area contributed by atoms with Crippen LogP contribution in [-0.4, -0.2) is 42.1 Å². The molecule has 3 aliphatic heterocycles. The van der Waals surface area contributed by atoms with E-state index in [1.165, 1.54) is 5.57 Å². The fourth-order valence-electron chi connectivity index (χ4n) is 3.75. The van der Waals surface area contributed by atoms with Gasteiger partial charge >= 0.3 is 0 Å². The number of carbonyl (C=O) groups excluding carboxylic acids is 1. The second-order valence-electron chi connectivity index (χ2n) is 7.09. The van der Waals surface area contributed by atoms with Gasteiger partial charge in [0.1, 0.15) is 17.1 Å². The molecule has 0 aromatic carbocycles. The molecule has 3 saturated heterocycles. The van der Waals surface area contributed by atoms with E-state index in [1.54, 1.807) is 13.0 Å². The third kappa shape index (κ3) is 3.51. The lowest BCUT2D eigenvalue weighted by atomic mass is 9.83. The molecule has 3 fully saturated rings. The highest BCUT2D eigenvalue weighted by atomic mass is 16.3. The number of hydrogen-bond donors (Lipinski definition) is 2. The van der Waals surface area contributed by atoms with Gasteiger partial charge in [0.15, 0.2) is 0 Å². The largest absolute Gasteiger partial charge is 0.466 e. The molecule has 2 N–H and O–H groups in total. The number of aliphatic hydroxyl groups is 1. The first-order chi connectivity index (χ1) is 10.8. The van der Waals surface area contributed by atoms with Crippen molar-refractivity contribution in [2.45, 2.75) is 39.2 Å². The number of rotatable bonds is 4. The van der Waals surface area contributed by atoms with Gasteiger partial charge < -0.3 is 14.8 Å². The zero-order valence-corrected chi connectivity index (χ0v) is 14.2. The second-order valence-corrected chi connectivity index (χ2v) is 7.09. The summed E-state index contributed by atoms with van der Waals surface area (Å²) in [6, 6.07) is 1.83. The van der Waals surface area contributed by atoms with Crippen molar-refractivity contribution in [1.82, 2.24) is 10.2 Å². The van der Waals surface area contributed by atoms with Crippen LogP contribution in [0.3, 0.4) is 0 Å². The molecular formula is C18H26N2O3. The van der Waals surface area contributed by atoms with Crippen molar-refractivity contribution in [3.8, 4) is 0 Å². The molecule has 2 bridgehead atoms. The number of hydrogen-bond acceptors (Lipinski definition) is 4. The fourth-order valence-corrected chi connectivity index (χ4v) is 3.75. The van der Waals surface area contributed by atoms with Crippen molar-refractivity contribution in [3.05, 3.63) is 34.8 Å². The first-order valence-electron chi connectivity index (χ1n) is 8.36. The Balaban J connectivity index is 1.61. The van der Waals surface area contributed by atoms with E-state index >= 15 is 0 Å². The minimum absolute atomic E-state index is 0.119. The van der Waals surface area contributed by atoms with Crippen molar-refractivity contribution in [2.24, 2.45) is 5.92 Å². The Morgan fingerprint density at radius 3 is 2.70 bits per heavy atom. The van der Waals surface area contributed by atoms with Crippen molar-refractivity contribution in [2.75, 3.05) is 26.2 Å². The smallest absolute Gasteiger partial charge is 0.244 e. The number of nitrogens with zero attached hydrogens (tertiary/aromatic N) is 1. The van der Waals surface area contributed by atoms with E-state index < -0.39 is 5.60 Å². The van der Waals surface area contributed by atoms with Gasteiger partial charge in [0.25, 0.3) is 0 Å². The van der Waals surface area contributed by atoms with E-state index in [1.807, 2.05) is 19.9 Å². The molecular weight excluding hydrogens is 292 g/mol. The maximum atomic E-state index is 12.2. The minimum atomic E-state index is -1.13. The highest BCUT2D eigenvalue weighted by Gasteiger charge is 2.31. The van der Waals surface area contributed by atoms with Crippen LogP contribution in [0.25, 0.3) is 0 Å². The van der Waals surface area contributed by atoms with Gasteiger partial charge in [0.05, 0.1) is 6.54 Å². The Hall–Kier alpha value is -1.59. The van der Waals surface area contributed by atoms with Crippen LogP contribution >= 0.6 is 0 Å². The molecule has 1 aromatic rings. The van der Waals surface area contributed by atoms with Crippen LogP contribution in [0.1, 0.15) is 36.8 Å². The van der Waals surface area contributed by atoms with Gasteiger partial charge in [-0.2, -0.15) is 0 Å². The summed E-state index contributed by atoms with van der Waals surface area (Å²) in [5.74, 6) is 1.90. The molecule has 1 unspecified atom stereocenters. The lowest BCUT2D eigenvalue weighted by Crippen LogP contribution is -2.44. The van der Waals surface area contributed by atoms with Crippen LogP contribution in [0.4, 0.5) is 0 Å². The molecule has 1 atom stereocenters. The summed E-state index contributed by atoms with van der Waals surface area (Å²) in [5.41, 5.74) is 0.825. The number of furan rings is 1. The highest BCUT2D eigenvalue weighted by Crippen LogP contribution is 2.31. The van der Waals surface area contributed by atoms with Crippen molar-refractivity contribution >= 4 is 5.91 Å². The van der Waals surface area contributed by atoms with Crippen LogP contribution in [-0.2, 0) is 10.4 Å². The molecule has 4 heterocycles. The normalized spacial score (nSPS) is 27.9. The number of nitrogens with one attached hydrogen (secondary N) is 1. The molecule has 3 aliphatic rings. The number of carbonyl (C=O) groups is 1. The van der Waals surface area contributed by atoms with Gasteiger partial charge in [-0.15, -0.1) is 0 Å². The average molecular weight is 318 g/mol. The fraction of sp³-hybridized carbons (Fsp3) is 0.611. The van der Waals surface area contributed by atoms with Crippen molar-refractivity contribution in [1.29, 1.82) is 0 Å². The van der Waals surface area contributed by atoms with Crippen molar-refractivity contribution < 1.29 is 14.3 Å². The van der Waals surface area contributed by atoms with E-state index in [9.17, 15) is 9.90 Å². The minimum Gasteiger partial charge on any atom is -0.466 e. The van der Waals surface area contributed by atoms with Gasteiger partial charge in [-0.3, -0.25) is 9.69 Å². The van der Waals surface area contributed by atoms with Gasteiger partial charge in [-0.25, -0.2) is 0 Å². The molecule has 0 saturated carbocycles. The molecule has 5 heteroatoms. The molecule has 126 valence electrons. The van der Waals surface area contributed by atoms with E-state index in [2.05, 4.69) is 10.2 Å². The highest BCUT2D eigenvalue weighted by molar-refractivity contribution is 5.88. The second kappa shape index (κ2) is 6.13. The Morgan fingerprint density at radius 1 is 1.48 bits per heavy atom. The predicted molar refractivity (Wildman–Crippen MR) is 88.0 cm³/mol. The Labute approximate surface area is 137 Å². The molecule has 0 radical (unpaired) electrons. The predicted octanol–water partition coefficient (Wildman–Crippen LogP) is 1.87. The number of fused-ring (bicyclic) bond motifs is 3. The van der Waals surface area contributed by atoms with Crippen LogP contribution in [0.15, 0.2) is 22.1 Å². The summed E-state index contributed by atoms with van der Waals surface area (Å²) in [5, 5.41) is 13.5. The van der Waals surface area contributed by atoms with Crippen LogP contribution < -0.4 is 5.32 Å². The third-order valence-electron chi connectivity index (χ3n) is 5.06. The average Bonchev–Trinajstić information content (AvgIpc) is 2.86. The van der Waals surface area contributed by atoms with E-state index in [0.717, 1.165) is 43.8 Å². The first-order valence-corrected chi connectivity index (χ1v) is 8.36. The van der Waals surface area contributed by atoms with E-state index in [-0.39, 0.29) is 12.5 Å². The zero-order valence-electron chi connectivity index (χ0n) is 14.2.